The standard InChI is InChI=1S/C21H20FN5O2/c1-10-9-24-19(27-20(10)29-3)15-8-13(22)4-5-14(15)12-6-16-18(17(28)7-12)11(2)25-21(23)26-16/h4-5,8-9,12H,6-7H2,1-3H3,(H2,23,25,26). The third-order valence-electron chi connectivity index (χ3n) is 5.15. The quantitative estimate of drug-likeness (QED) is 0.729. The van der Waals surface area contributed by atoms with E-state index in [4.69, 9.17) is 10.5 Å². The molecule has 1 aliphatic carbocycles. The fraction of sp³-hybridized carbons (Fsp3) is 0.286. The number of hydrogen-bond donors (Lipinski definition) is 1. The Balaban J connectivity index is 1.82. The highest BCUT2D eigenvalue weighted by Crippen LogP contribution is 2.38. The summed E-state index contributed by atoms with van der Waals surface area (Å²) in [7, 11) is 1.52. The van der Waals surface area contributed by atoms with Crippen LogP contribution in [0.3, 0.4) is 0 Å². The molecule has 0 amide bonds. The van der Waals surface area contributed by atoms with E-state index in [0.29, 0.717) is 40.6 Å². The molecule has 0 radical (unpaired) electrons. The topological polar surface area (TPSA) is 104 Å². The van der Waals surface area contributed by atoms with E-state index in [1.165, 1.54) is 19.2 Å². The zero-order chi connectivity index (χ0) is 20.7. The summed E-state index contributed by atoms with van der Waals surface area (Å²) in [6.45, 7) is 3.59. The van der Waals surface area contributed by atoms with Crippen molar-refractivity contribution in [2.45, 2.75) is 32.6 Å². The Morgan fingerprint density at radius 2 is 1.97 bits per heavy atom. The van der Waals surface area contributed by atoms with Crippen molar-refractivity contribution in [2.24, 2.45) is 0 Å². The van der Waals surface area contributed by atoms with Gasteiger partial charge in [0.2, 0.25) is 11.8 Å². The number of Topliss-reactive ketones (excluding diaryl/α,β-unsaturated/α-hetero) is 1. The van der Waals surface area contributed by atoms with Crippen LogP contribution in [0.4, 0.5) is 10.3 Å². The summed E-state index contributed by atoms with van der Waals surface area (Å²) in [4.78, 5) is 30.0. The average Bonchev–Trinajstić information content (AvgIpc) is 2.67. The number of nitrogens with two attached hydrogens (primary N) is 1. The van der Waals surface area contributed by atoms with E-state index in [1.807, 2.05) is 6.92 Å². The first-order valence-corrected chi connectivity index (χ1v) is 9.21. The number of carbonyl (C=O) groups is 1. The molecule has 0 saturated carbocycles. The van der Waals surface area contributed by atoms with Crippen LogP contribution in [0.5, 0.6) is 5.88 Å². The van der Waals surface area contributed by atoms with Crippen molar-refractivity contribution in [3.8, 4) is 17.3 Å². The van der Waals surface area contributed by atoms with E-state index in [-0.39, 0.29) is 24.1 Å². The Labute approximate surface area is 167 Å². The highest BCUT2D eigenvalue weighted by Gasteiger charge is 2.31. The van der Waals surface area contributed by atoms with Crippen LogP contribution in [0, 0.1) is 19.7 Å². The second-order valence-electron chi connectivity index (χ2n) is 7.13. The van der Waals surface area contributed by atoms with Gasteiger partial charge < -0.3 is 10.5 Å². The van der Waals surface area contributed by atoms with Gasteiger partial charge in [0.25, 0.3) is 0 Å². The Bertz CT molecular complexity index is 1130. The summed E-state index contributed by atoms with van der Waals surface area (Å²) in [5.41, 5.74) is 9.61. The van der Waals surface area contributed by atoms with Crippen molar-refractivity contribution in [3.05, 3.63) is 58.3 Å². The normalized spacial score (nSPS) is 15.9. The van der Waals surface area contributed by atoms with Gasteiger partial charge in [0, 0.05) is 23.7 Å². The molecule has 2 N–H and O–H groups in total. The molecule has 1 unspecified atom stereocenters. The molecule has 2 aromatic heterocycles. The second kappa shape index (κ2) is 7.20. The Morgan fingerprint density at radius 1 is 1.17 bits per heavy atom. The van der Waals surface area contributed by atoms with E-state index in [9.17, 15) is 9.18 Å². The minimum absolute atomic E-state index is 0.0496. The number of hydrogen-bond acceptors (Lipinski definition) is 7. The number of nitrogen functional groups attached to an aromatic ring is 1. The van der Waals surface area contributed by atoms with Crippen LogP contribution in [-0.2, 0) is 6.42 Å². The largest absolute Gasteiger partial charge is 0.481 e. The summed E-state index contributed by atoms with van der Waals surface area (Å²) in [6.07, 6.45) is 2.40. The SMILES string of the molecule is COc1nc(-c2cc(F)ccc2C2CC(=O)c3c(C)nc(N)nc3C2)ncc1C. The van der Waals surface area contributed by atoms with Crippen LogP contribution in [0.25, 0.3) is 11.4 Å². The molecule has 148 valence electrons. The smallest absolute Gasteiger partial charge is 0.220 e. The lowest BCUT2D eigenvalue weighted by atomic mass is 9.79. The number of nitrogens with zero attached hydrogens (tertiary/aromatic N) is 4. The van der Waals surface area contributed by atoms with Gasteiger partial charge in [-0.2, -0.15) is 4.98 Å². The van der Waals surface area contributed by atoms with Crippen LogP contribution < -0.4 is 10.5 Å². The average molecular weight is 393 g/mol. The molecule has 1 aromatic carbocycles. The number of ether oxygens (including phenoxy) is 1. The molecule has 4 rings (SSSR count). The number of methoxy groups -OCH3 is 1. The molecule has 1 aliphatic rings. The molecular weight excluding hydrogens is 373 g/mol. The highest BCUT2D eigenvalue weighted by atomic mass is 19.1. The van der Waals surface area contributed by atoms with Gasteiger partial charge in [-0.15, -0.1) is 0 Å². The first kappa shape index (κ1) is 18.9. The van der Waals surface area contributed by atoms with Crippen LogP contribution in [0.2, 0.25) is 0 Å². The minimum Gasteiger partial charge on any atom is -0.481 e. The lowest BCUT2D eigenvalue weighted by Gasteiger charge is -2.25. The lowest BCUT2D eigenvalue weighted by molar-refractivity contribution is 0.0962. The molecular formula is C21H20FN5O2. The summed E-state index contributed by atoms with van der Waals surface area (Å²) in [5, 5.41) is 0. The number of carbonyl (C=O) groups excluding carboxylic acids is 1. The number of halogens is 1. The fourth-order valence-corrected chi connectivity index (χ4v) is 3.86. The monoisotopic (exact) mass is 393 g/mol. The number of rotatable bonds is 3. The second-order valence-corrected chi connectivity index (χ2v) is 7.13. The van der Waals surface area contributed by atoms with Crippen molar-refractivity contribution in [3.63, 3.8) is 0 Å². The summed E-state index contributed by atoms with van der Waals surface area (Å²) >= 11 is 0. The molecule has 2 heterocycles. The molecule has 1 atom stereocenters. The summed E-state index contributed by atoms with van der Waals surface area (Å²) in [6, 6.07) is 4.45. The maximum Gasteiger partial charge on any atom is 0.220 e. The summed E-state index contributed by atoms with van der Waals surface area (Å²) in [5.74, 6) is 0.254. The van der Waals surface area contributed by atoms with Crippen LogP contribution in [-0.4, -0.2) is 32.8 Å². The minimum atomic E-state index is -0.406. The van der Waals surface area contributed by atoms with Gasteiger partial charge in [-0.3, -0.25) is 4.79 Å². The van der Waals surface area contributed by atoms with Gasteiger partial charge in [-0.25, -0.2) is 19.3 Å². The Morgan fingerprint density at radius 3 is 2.72 bits per heavy atom. The Kier molecular flexibility index (Phi) is 4.70. The number of aryl methyl sites for hydroxylation is 2. The molecule has 0 fully saturated rings. The van der Waals surface area contributed by atoms with Crippen molar-refractivity contribution >= 4 is 11.7 Å². The van der Waals surface area contributed by atoms with E-state index in [0.717, 1.165) is 11.1 Å². The molecule has 0 spiro atoms. The van der Waals surface area contributed by atoms with Crippen LogP contribution >= 0.6 is 0 Å². The predicted molar refractivity (Wildman–Crippen MR) is 105 cm³/mol. The van der Waals surface area contributed by atoms with Crippen LogP contribution in [0.1, 0.15) is 45.2 Å². The van der Waals surface area contributed by atoms with Gasteiger partial charge in [-0.05, 0) is 43.9 Å². The zero-order valence-electron chi connectivity index (χ0n) is 16.4. The van der Waals surface area contributed by atoms with E-state index in [1.54, 1.807) is 19.2 Å². The number of fused-ring (bicyclic) bond motifs is 1. The molecule has 0 saturated heterocycles. The number of ketones is 1. The highest BCUT2D eigenvalue weighted by molar-refractivity contribution is 6.00. The number of aromatic nitrogens is 4. The lowest BCUT2D eigenvalue weighted by Crippen LogP contribution is -2.23. The number of anilines is 1. The fourth-order valence-electron chi connectivity index (χ4n) is 3.86. The molecule has 0 aliphatic heterocycles. The third-order valence-corrected chi connectivity index (χ3v) is 5.15. The molecule has 8 heteroatoms. The van der Waals surface area contributed by atoms with Gasteiger partial charge in [0.15, 0.2) is 11.6 Å². The van der Waals surface area contributed by atoms with E-state index < -0.39 is 5.82 Å². The maximum atomic E-state index is 14.1. The molecule has 3 aromatic rings. The predicted octanol–water partition coefficient (Wildman–Crippen LogP) is 3.19. The van der Waals surface area contributed by atoms with Crippen molar-refractivity contribution in [1.29, 1.82) is 0 Å². The first-order valence-electron chi connectivity index (χ1n) is 9.21. The van der Waals surface area contributed by atoms with Gasteiger partial charge in [0.05, 0.1) is 24.1 Å². The van der Waals surface area contributed by atoms with E-state index >= 15 is 0 Å². The van der Waals surface area contributed by atoms with Crippen molar-refractivity contribution < 1.29 is 13.9 Å². The van der Waals surface area contributed by atoms with Crippen molar-refractivity contribution in [1.82, 2.24) is 19.9 Å². The van der Waals surface area contributed by atoms with Gasteiger partial charge >= 0.3 is 0 Å². The maximum absolute atomic E-state index is 14.1. The van der Waals surface area contributed by atoms with Crippen molar-refractivity contribution in [2.75, 3.05) is 12.8 Å². The van der Waals surface area contributed by atoms with Crippen LogP contribution in [0.15, 0.2) is 24.4 Å². The van der Waals surface area contributed by atoms with Gasteiger partial charge in [0.1, 0.15) is 5.82 Å². The third kappa shape index (κ3) is 3.41. The first-order chi connectivity index (χ1) is 13.9. The van der Waals surface area contributed by atoms with Gasteiger partial charge in [-0.1, -0.05) is 6.07 Å². The zero-order valence-corrected chi connectivity index (χ0v) is 16.4. The van der Waals surface area contributed by atoms with E-state index in [2.05, 4.69) is 19.9 Å². The number of benzene rings is 1. The Hall–Kier alpha value is -3.42. The summed E-state index contributed by atoms with van der Waals surface area (Å²) < 4.78 is 19.4. The molecule has 7 nitrogen and oxygen atoms in total. The molecule has 0 bridgehead atoms. The molecule has 29 heavy (non-hydrogen) atoms.